The first-order valence-corrected chi connectivity index (χ1v) is 9.51. The fourth-order valence-electron chi connectivity index (χ4n) is 4.18. The SMILES string of the molecule is CC(C)C(C(=O)NC1CC2CCC(C1)N2)n1nnc(-c2ccccc2)n1. The topological polar surface area (TPSA) is 84.7 Å². The van der Waals surface area contributed by atoms with E-state index in [4.69, 9.17) is 0 Å². The number of fused-ring (bicyclic) bond motifs is 2. The van der Waals surface area contributed by atoms with E-state index >= 15 is 0 Å². The van der Waals surface area contributed by atoms with Gasteiger partial charge in [-0.15, -0.1) is 10.2 Å². The van der Waals surface area contributed by atoms with Gasteiger partial charge in [0.2, 0.25) is 11.7 Å². The number of tetrazole rings is 1. The van der Waals surface area contributed by atoms with E-state index < -0.39 is 6.04 Å². The Morgan fingerprint density at radius 2 is 1.88 bits per heavy atom. The Hall–Kier alpha value is -2.28. The third kappa shape index (κ3) is 3.49. The maximum absolute atomic E-state index is 13.0. The standard InChI is InChI=1S/C19H26N6O/c1-12(2)17(19(26)21-16-10-14-8-9-15(11-16)20-14)25-23-18(22-24-25)13-6-4-3-5-7-13/h3-7,12,14-17,20H,8-11H2,1-2H3,(H,21,26). The number of piperidine rings is 1. The third-order valence-electron chi connectivity index (χ3n) is 5.43. The number of carbonyl (C=O) groups is 1. The molecule has 1 aromatic heterocycles. The van der Waals surface area contributed by atoms with Gasteiger partial charge in [0.15, 0.2) is 6.04 Å². The van der Waals surface area contributed by atoms with Crippen molar-refractivity contribution < 1.29 is 4.79 Å². The molecule has 1 aromatic carbocycles. The average Bonchev–Trinajstić information content (AvgIpc) is 3.22. The summed E-state index contributed by atoms with van der Waals surface area (Å²) < 4.78 is 0. The summed E-state index contributed by atoms with van der Waals surface area (Å²) in [5, 5.41) is 19.6. The fourth-order valence-corrected chi connectivity index (χ4v) is 4.18. The number of nitrogens with zero attached hydrogens (tertiary/aromatic N) is 4. The van der Waals surface area contributed by atoms with Crippen LogP contribution >= 0.6 is 0 Å². The molecule has 2 saturated heterocycles. The van der Waals surface area contributed by atoms with Crippen molar-refractivity contribution >= 4 is 5.91 Å². The van der Waals surface area contributed by atoms with E-state index in [1.807, 2.05) is 44.2 Å². The molecule has 26 heavy (non-hydrogen) atoms. The average molecular weight is 354 g/mol. The van der Waals surface area contributed by atoms with Crippen LogP contribution in [-0.4, -0.2) is 44.2 Å². The summed E-state index contributed by atoms with van der Waals surface area (Å²) in [4.78, 5) is 14.4. The number of carbonyl (C=O) groups excluding carboxylic acids is 1. The summed E-state index contributed by atoms with van der Waals surface area (Å²) >= 11 is 0. The highest BCUT2D eigenvalue weighted by atomic mass is 16.2. The van der Waals surface area contributed by atoms with Crippen molar-refractivity contribution in [3.8, 4) is 11.4 Å². The van der Waals surface area contributed by atoms with Crippen molar-refractivity contribution in [2.24, 2.45) is 5.92 Å². The summed E-state index contributed by atoms with van der Waals surface area (Å²) in [7, 11) is 0. The molecule has 2 N–H and O–H groups in total. The molecule has 0 aliphatic carbocycles. The van der Waals surface area contributed by atoms with Gasteiger partial charge < -0.3 is 10.6 Å². The summed E-state index contributed by atoms with van der Waals surface area (Å²) in [5.74, 6) is 0.610. The first-order valence-electron chi connectivity index (χ1n) is 9.51. The van der Waals surface area contributed by atoms with Crippen LogP contribution in [0.3, 0.4) is 0 Å². The van der Waals surface area contributed by atoms with Crippen LogP contribution in [0.1, 0.15) is 45.6 Å². The number of nitrogens with one attached hydrogen (secondary N) is 2. The van der Waals surface area contributed by atoms with Crippen LogP contribution in [0, 0.1) is 5.92 Å². The monoisotopic (exact) mass is 354 g/mol. The highest BCUT2D eigenvalue weighted by molar-refractivity contribution is 5.80. The van der Waals surface area contributed by atoms with Gasteiger partial charge in [0, 0.05) is 23.7 Å². The minimum absolute atomic E-state index is 0.0108. The maximum atomic E-state index is 13.0. The second kappa shape index (κ2) is 7.15. The molecule has 138 valence electrons. The van der Waals surface area contributed by atoms with Gasteiger partial charge in [0.05, 0.1) is 0 Å². The van der Waals surface area contributed by atoms with Gasteiger partial charge >= 0.3 is 0 Å². The highest BCUT2D eigenvalue weighted by Gasteiger charge is 2.36. The number of rotatable bonds is 5. The van der Waals surface area contributed by atoms with Gasteiger partial charge in [0.25, 0.3) is 0 Å². The summed E-state index contributed by atoms with van der Waals surface area (Å²) in [5.41, 5.74) is 0.900. The molecule has 3 atom stereocenters. The lowest BCUT2D eigenvalue weighted by molar-refractivity contribution is -0.127. The van der Waals surface area contributed by atoms with Crippen LogP contribution in [0.4, 0.5) is 0 Å². The van der Waals surface area contributed by atoms with Crippen molar-refractivity contribution in [2.45, 2.75) is 63.7 Å². The lowest BCUT2D eigenvalue weighted by atomic mass is 9.98. The highest BCUT2D eigenvalue weighted by Crippen LogP contribution is 2.27. The van der Waals surface area contributed by atoms with E-state index in [1.54, 1.807) is 0 Å². The quantitative estimate of drug-likeness (QED) is 0.857. The molecule has 2 fully saturated rings. The number of hydrogen-bond acceptors (Lipinski definition) is 5. The zero-order valence-electron chi connectivity index (χ0n) is 15.3. The van der Waals surface area contributed by atoms with Crippen LogP contribution in [0.25, 0.3) is 11.4 Å². The van der Waals surface area contributed by atoms with E-state index in [-0.39, 0.29) is 17.9 Å². The van der Waals surface area contributed by atoms with Gasteiger partial charge in [-0.25, -0.2) is 0 Å². The molecule has 7 heteroatoms. The van der Waals surface area contributed by atoms with Gasteiger partial charge in [-0.1, -0.05) is 44.2 Å². The van der Waals surface area contributed by atoms with Crippen molar-refractivity contribution in [3.05, 3.63) is 30.3 Å². The minimum atomic E-state index is -0.451. The number of hydrogen-bond donors (Lipinski definition) is 2. The van der Waals surface area contributed by atoms with Crippen LogP contribution in [0.15, 0.2) is 30.3 Å². The molecule has 0 spiro atoms. The molecule has 2 aliphatic heterocycles. The molecular weight excluding hydrogens is 328 g/mol. The molecule has 2 aliphatic rings. The predicted molar refractivity (Wildman–Crippen MR) is 98.2 cm³/mol. The molecule has 4 rings (SSSR count). The molecule has 1 amide bonds. The lowest BCUT2D eigenvalue weighted by Crippen LogP contribution is -2.50. The van der Waals surface area contributed by atoms with Crippen LogP contribution in [-0.2, 0) is 4.79 Å². The number of amides is 1. The van der Waals surface area contributed by atoms with E-state index in [9.17, 15) is 4.79 Å². The number of benzene rings is 1. The second-order valence-electron chi connectivity index (χ2n) is 7.80. The van der Waals surface area contributed by atoms with Crippen LogP contribution in [0.5, 0.6) is 0 Å². The molecular formula is C19H26N6O. The summed E-state index contributed by atoms with van der Waals surface area (Å²) in [6.07, 6.45) is 4.45. The normalized spacial score (nSPS) is 26.0. The second-order valence-corrected chi connectivity index (χ2v) is 7.80. The Balaban J connectivity index is 1.49. The Kier molecular flexibility index (Phi) is 4.72. The van der Waals surface area contributed by atoms with Crippen molar-refractivity contribution in [1.29, 1.82) is 0 Å². The minimum Gasteiger partial charge on any atom is -0.351 e. The van der Waals surface area contributed by atoms with Crippen LogP contribution in [0.2, 0.25) is 0 Å². The van der Waals surface area contributed by atoms with Crippen LogP contribution < -0.4 is 10.6 Å². The molecule has 2 aromatic rings. The predicted octanol–water partition coefficient (Wildman–Crippen LogP) is 1.94. The van der Waals surface area contributed by atoms with Crippen molar-refractivity contribution in [1.82, 2.24) is 30.8 Å². The zero-order chi connectivity index (χ0) is 18.1. The summed E-state index contributed by atoms with van der Waals surface area (Å²) in [6, 6.07) is 10.6. The van der Waals surface area contributed by atoms with Gasteiger partial charge in [-0.2, -0.15) is 4.80 Å². The molecule has 0 radical (unpaired) electrons. The maximum Gasteiger partial charge on any atom is 0.247 e. The van der Waals surface area contributed by atoms with Gasteiger partial charge in [0.1, 0.15) is 0 Å². The Bertz CT molecular complexity index is 746. The molecule has 7 nitrogen and oxygen atoms in total. The summed E-state index contributed by atoms with van der Waals surface area (Å²) in [6.45, 7) is 4.03. The van der Waals surface area contributed by atoms with E-state index in [0.717, 1.165) is 18.4 Å². The molecule has 2 bridgehead atoms. The largest absolute Gasteiger partial charge is 0.351 e. The van der Waals surface area contributed by atoms with E-state index in [2.05, 4.69) is 26.0 Å². The first kappa shape index (κ1) is 17.1. The van der Waals surface area contributed by atoms with Crippen molar-refractivity contribution in [2.75, 3.05) is 0 Å². The Labute approximate surface area is 153 Å². The number of aromatic nitrogens is 4. The first-order chi connectivity index (χ1) is 12.6. The third-order valence-corrected chi connectivity index (χ3v) is 5.43. The fraction of sp³-hybridized carbons (Fsp3) is 0.579. The molecule has 0 saturated carbocycles. The molecule has 3 heterocycles. The van der Waals surface area contributed by atoms with Crippen molar-refractivity contribution in [3.63, 3.8) is 0 Å². The lowest BCUT2D eigenvalue weighted by Gasteiger charge is -2.31. The molecule has 3 unspecified atom stereocenters. The Morgan fingerprint density at radius 1 is 1.19 bits per heavy atom. The Morgan fingerprint density at radius 3 is 2.54 bits per heavy atom. The van der Waals surface area contributed by atoms with E-state index in [0.29, 0.717) is 17.9 Å². The van der Waals surface area contributed by atoms with E-state index in [1.165, 1.54) is 17.6 Å². The smallest absolute Gasteiger partial charge is 0.247 e. The zero-order valence-corrected chi connectivity index (χ0v) is 15.3. The van der Waals surface area contributed by atoms with Gasteiger partial charge in [-0.05, 0) is 36.8 Å². The van der Waals surface area contributed by atoms with Gasteiger partial charge in [-0.3, -0.25) is 4.79 Å².